The van der Waals surface area contributed by atoms with Gasteiger partial charge in [-0.1, -0.05) is 6.08 Å². The zero-order chi connectivity index (χ0) is 11.1. The number of thiophene rings is 1. The van der Waals surface area contributed by atoms with Crippen molar-refractivity contribution in [3.8, 4) is 5.75 Å². The average Bonchev–Trinajstić information content (AvgIpc) is 2.73. The minimum absolute atomic E-state index is 0.363. The lowest BCUT2D eigenvalue weighted by molar-refractivity contribution is 0.0702. The standard InChI is InChI=1S/C12H8O3S/c13-12(14)10-6-7-3-4-9-8(11(7)16-10)2-1-5-15-9/h1-4,6H,5H2,(H,13,14). The van der Waals surface area contributed by atoms with E-state index >= 15 is 0 Å². The Morgan fingerprint density at radius 1 is 1.44 bits per heavy atom. The van der Waals surface area contributed by atoms with E-state index in [1.807, 2.05) is 24.3 Å². The van der Waals surface area contributed by atoms with Gasteiger partial charge in [-0.15, -0.1) is 11.3 Å². The van der Waals surface area contributed by atoms with Gasteiger partial charge >= 0.3 is 5.97 Å². The van der Waals surface area contributed by atoms with Gasteiger partial charge in [0.15, 0.2) is 0 Å². The van der Waals surface area contributed by atoms with Crippen molar-refractivity contribution in [2.24, 2.45) is 0 Å². The van der Waals surface area contributed by atoms with E-state index < -0.39 is 5.97 Å². The molecule has 16 heavy (non-hydrogen) atoms. The fourth-order valence-corrected chi connectivity index (χ4v) is 2.82. The first kappa shape index (κ1) is 9.42. The summed E-state index contributed by atoms with van der Waals surface area (Å²) in [5.41, 5.74) is 0.987. The van der Waals surface area contributed by atoms with Gasteiger partial charge in [-0.2, -0.15) is 0 Å². The number of hydrogen-bond donors (Lipinski definition) is 1. The van der Waals surface area contributed by atoms with Crippen molar-refractivity contribution in [3.63, 3.8) is 0 Å². The first-order valence-corrected chi connectivity index (χ1v) is 5.66. The lowest BCUT2D eigenvalue weighted by Gasteiger charge is -2.12. The largest absolute Gasteiger partial charge is 0.489 e. The summed E-state index contributed by atoms with van der Waals surface area (Å²) in [5, 5.41) is 9.91. The quantitative estimate of drug-likeness (QED) is 0.822. The highest BCUT2D eigenvalue weighted by Gasteiger charge is 2.14. The van der Waals surface area contributed by atoms with E-state index in [4.69, 9.17) is 9.84 Å². The summed E-state index contributed by atoms with van der Waals surface area (Å²) in [6.45, 7) is 0.579. The Kier molecular flexibility index (Phi) is 1.97. The van der Waals surface area contributed by atoms with Gasteiger partial charge in [0, 0.05) is 10.3 Å². The Bertz CT molecular complexity index is 610. The number of hydrogen-bond acceptors (Lipinski definition) is 3. The molecule has 0 radical (unpaired) electrons. The number of rotatable bonds is 1. The summed E-state index contributed by atoms with van der Waals surface area (Å²) in [5.74, 6) is -0.0514. The second kappa shape index (κ2) is 3.35. The molecule has 1 aromatic carbocycles. The number of carboxylic acids is 1. The molecular weight excluding hydrogens is 224 g/mol. The van der Waals surface area contributed by atoms with E-state index in [-0.39, 0.29) is 0 Å². The highest BCUT2D eigenvalue weighted by Crippen LogP contribution is 2.36. The van der Waals surface area contributed by atoms with Crippen LogP contribution in [0.3, 0.4) is 0 Å². The van der Waals surface area contributed by atoms with Gasteiger partial charge in [0.2, 0.25) is 0 Å². The molecule has 0 amide bonds. The lowest BCUT2D eigenvalue weighted by Crippen LogP contribution is -1.99. The molecule has 4 heteroatoms. The van der Waals surface area contributed by atoms with Crippen LogP contribution in [0, 0.1) is 0 Å². The molecular formula is C12H8O3S. The van der Waals surface area contributed by atoms with Crippen molar-refractivity contribution in [1.82, 2.24) is 0 Å². The maximum atomic E-state index is 10.9. The minimum atomic E-state index is -0.879. The van der Waals surface area contributed by atoms with Crippen molar-refractivity contribution < 1.29 is 14.6 Å². The second-order valence-electron chi connectivity index (χ2n) is 3.52. The molecule has 1 aliphatic rings. The number of benzene rings is 1. The molecule has 2 aromatic rings. The molecule has 0 aliphatic carbocycles. The Morgan fingerprint density at radius 3 is 3.12 bits per heavy atom. The van der Waals surface area contributed by atoms with Crippen LogP contribution in [0.15, 0.2) is 24.3 Å². The van der Waals surface area contributed by atoms with E-state index in [0.29, 0.717) is 11.5 Å². The van der Waals surface area contributed by atoms with Crippen molar-refractivity contribution >= 4 is 33.5 Å². The summed E-state index contributed by atoms with van der Waals surface area (Å²) in [6.07, 6.45) is 3.92. The molecule has 80 valence electrons. The van der Waals surface area contributed by atoms with Crippen LogP contribution in [0.25, 0.3) is 16.2 Å². The number of carboxylic acid groups (broad SMARTS) is 1. The predicted molar refractivity (Wildman–Crippen MR) is 63.3 cm³/mol. The summed E-state index contributed by atoms with van der Waals surface area (Å²) in [4.78, 5) is 11.3. The molecule has 0 fully saturated rings. The van der Waals surface area contributed by atoms with Crippen LogP contribution in [-0.2, 0) is 0 Å². The van der Waals surface area contributed by atoms with Crippen LogP contribution in [0.2, 0.25) is 0 Å². The number of fused-ring (bicyclic) bond motifs is 3. The minimum Gasteiger partial charge on any atom is -0.489 e. The highest BCUT2D eigenvalue weighted by atomic mass is 32.1. The van der Waals surface area contributed by atoms with Crippen LogP contribution in [0.5, 0.6) is 5.75 Å². The average molecular weight is 232 g/mol. The van der Waals surface area contributed by atoms with E-state index in [1.54, 1.807) is 6.07 Å². The molecule has 0 unspecified atom stereocenters. The van der Waals surface area contributed by atoms with Crippen LogP contribution in [0.1, 0.15) is 15.2 Å². The van der Waals surface area contributed by atoms with Crippen LogP contribution in [0.4, 0.5) is 0 Å². The maximum absolute atomic E-state index is 10.9. The molecule has 0 atom stereocenters. The van der Waals surface area contributed by atoms with Gasteiger partial charge in [0.05, 0.1) is 0 Å². The second-order valence-corrected chi connectivity index (χ2v) is 4.58. The molecule has 1 aromatic heterocycles. The van der Waals surface area contributed by atoms with E-state index in [9.17, 15) is 4.79 Å². The predicted octanol–water partition coefficient (Wildman–Crippen LogP) is 3.01. The van der Waals surface area contributed by atoms with Crippen molar-refractivity contribution in [1.29, 1.82) is 0 Å². The zero-order valence-corrected chi connectivity index (χ0v) is 9.08. The summed E-state index contributed by atoms with van der Waals surface area (Å²) in [6, 6.07) is 5.49. The maximum Gasteiger partial charge on any atom is 0.345 e. The van der Waals surface area contributed by atoms with Gasteiger partial charge < -0.3 is 9.84 Å². The first-order valence-electron chi connectivity index (χ1n) is 4.85. The van der Waals surface area contributed by atoms with Crippen molar-refractivity contribution in [2.75, 3.05) is 6.61 Å². The SMILES string of the molecule is O=C(O)c1cc2ccc3c(c2s1)C=CCO3. The Hall–Kier alpha value is -1.81. The Morgan fingerprint density at radius 2 is 2.31 bits per heavy atom. The highest BCUT2D eigenvalue weighted by molar-refractivity contribution is 7.21. The van der Waals surface area contributed by atoms with Crippen LogP contribution in [-0.4, -0.2) is 17.7 Å². The third kappa shape index (κ3) is 1.31. The summed E-state index contributed by atoms with van der Waals surface area (Å²) < 4.78 is 6.45. The molecule has 3 rings (SSSR count). The van der Waals surface area contributed by atoms with Gasteiger partial charge in [0.25, 0.3) is 0 Å². The van der Waals surface area contributed by atoms with Gasteiger partial charge in [-0.05, 0) is 29.7 Å². The molecule has 0 bridgehead atoms. The molecule has 1 N–H and O–H groups in total. The molecule has 1 aliphatic heterocycles. The number of ether oxygens (including phenoxy) is 1. The molecule has 0 spiro atoms. The van der Waals surface area contributed by atoms with E-state index in [2.05, 4.69) is 0 Å². The summed E-state index contributed by atoms with van der Waals surface area (Å²) >= 11 is 1.29. The van der Waals surface area contributed by atoms with E-state index in [1.165, 1.54) is 11.3 Å². The first-order chi connectivity index (χ1) is 7.75. The number of aromatic carboxylic acids is 1. The van der Waals surface area contributed by atoms with Gasteiger partial charge in [-0.25, -0.2) is 4.79 Å². The molecule has 2 heterocycles. The normalized spacial score (nSPS) is 13.5. The molecule has 0 saturated heterocycles. The lowest BCUT2D eigenvalue weighted by atomic mass is 10.1. The van der Waals surface area contributed by atoms with Gasteiger partial charge in [0.1, 0.15) is 17.2 Å². The smallest absolute Gasteiger partial charge is 0.345 e. The van der Waals surface area contributed by atoms with Crippen molar-refractivity contribution in [3.05, 3.63) is 34.7 Å². The number of carbonyl (C=O) groups is 1. The zero-order valence-electron chi connectivity index (χ0n) is 8.27. The third-order valence-electron chi connectivity index (χ3n) is 2.52. The third-order valence-corrected chi connectivity index (χ3v) is 3.69. The fourth-order valence-electron chi connectivity index (χ4n) is 1.80. The Labute approximate surface area is 95.6 Å². The topological polar surface area (TPSA) is 46.5 Å². The fraction of sp³-hybridized carbons (Fsp3) is 0.0833. The van der Waals surface area contributed by atoms with Crippen molar-refractivity contribution in [2.45, 2.75) is 0 Å². The Balaban J connectivity index is 2.32. The molecule has 0 saturated carbocycles. The van der Waals surface area contributed by atoms with Crippen LogP contribution >= 0.6 is 11.3 Å². The monoisotopic (exact) mass is 232 g/mol. The summed E-state index contributed by atoms with van der Waals surface area (Å²) in [7, 11) is 0. The molecule has 3 nitrogen and oxygen atoms in total. The van der Waals surface area contributed by atoms with E-state index in [0.717, 1.165) is 21.4 Å². The van der Waals surface area contributed by atoms with Gasteiger partial charge in [-0.3, -0.25) is 0 Å². The van der Waals surface area contributed by atoms with Crippen LogP contribution < -0.4 is 4.74 Å².